The molecule has 0 atom stereocenters. The van der Waals surface area contributed by atoms with Gasteiger partial charge in [-0.2, -0.15) is 4.57 Å². The van der Waals surface area contributed by atoms with Crippen LogP contribution < -0.4 is 9.29 Å². The lowest BCUT2D eigenvalue weighted by atomic mass is 10.3. The van der Waals surface area contributed by atoms with Gasteiger partial charge in [0, 0.05) is 5.02 Å². The zero-order valence-electron chi connectivity index (χ0n) is 16.4. The van der Waals surface area contributed by atoms with Crippen molar-refractivity contribution in [3.63, 3.8) is 0 Å². The average molecular weight is 443 g/mol. The number of hydrogen-bond acceptors (Lipinski definition) is 4. The maximum absolute atomic E-state index is 12.9. The van der Waals surface area contributed by atoms with Gasteiger partial charge in [0.1, 0.15) is 12.4 Å². The van der Waals surface area contributed by atoms with Gasteiger partial charge in [0.05, 0.1) is 22.5 Å². The van der Waals surface area contributed by atoms with Crippen molar-refractivity contribution in [1.82, 2.24) is 14.5 Å². The summed E-state index contributed by atoms with van der Waals surface area (Å²) in [6.07, 6.45) is 7.79. The Balaban J connectivity index is 1.78. The largest absolute Gasteiger partial charge is 0.270 e. The van der Waals surface area contributed by atoms with Crippen LogP contribution in [0, 0.1) is 0 Å². The number of aryl methyl sites for hydroxylation is 1. The molecule has 0 unspecified atom stereocenters. The molecule has 2 heterocycles. The number of hydrogen-bond donors (Lipinski definition) is 1. The van der Waals surface area contributed by atoms with Gasteiger partial charge in [0.2, 0.25) is 12.1 Å². The Morgan fingerprint density at radius 2 is 1.77 bits per heavy atom. The average Bonchev–Trinajstić information content (AvgIpc) is 3.20. The van der Waals surface area contributed by atoms with E-state index in [2.05, 4.69) is 21.6 Å². The molecule has 1 N–H and O–H groups in total. The van der Waals surface area contributed by atoms with E-state index in [1.807, 2.05) is 41.5 Å². The number of imidazole rings is 1. The fraction of sp³-hybridized carbons (Fsp3) is 0.190. The number of para-hydroxylation sites is 2. The van der Waals surface area contributed by atoms with Crippen molar-refractivity contribution < 1.29 is 13.0 Å². The van der Waals surface area contributed by atoms with Gasteiger partial charge < -0.3 is 0 Å². The van der Waals surface area contributed by atoms with Crippen molar-refractivity contribution in [2.24, 2.45) is 0 Å². The first-order chi connectivity index (χ1) is 14.5. The van der Waals surface area contributed by atoms with Gasteiger partial charge >= 0.3 is 0 Å². The molecular formula is C21H21ClN5O2S+. The standard InChI is InChI=1S/C21H21ClN5O2S/c1-2-3-12-26-13-14-27(15-26)21-20(23-18-6-4-5-7-19(18)24-21)25-30(28,29)17-10-8-16(22)9-11-17/h4-11,13-15H,2-3,12H2,1H3,(H,23,25)/q+1. The summed E-state index contributed by atoms with van der Waals surface area (Å²) in [7, 11) is -3.87. The number of nitrogens with one attached hydrogen (secondary N) is 1. The molecule has 0 saturated heterocycles. The van der Waals surface area contributed by atoms with E-state index < -0.39 is 10.0 Å². The second-order valence-corrected chi connectivity index (χ2v) is 8.98. The van der Waals surface area contributed by atoms with E-state index in [9.17, 15) is 8.42 Å². The summed E-state index contributed by atoms with van der Waals surface area (Å²) in [5, 5.41) is 0.462. The summed E-state index contributed by atoms with van der Waals surface area (Å²) >= 11 is 5.89. The van der Waals surface area contributed by atoms with Crippen LogP contribution in [0.4, 0.5) is 5.82 Å². The minimum Gasteiger partial charge on any atom is -0.258 e. The predicted molar refractivity (Wildman–Crippen MR) is 116 cm³/mol. The maximum Gasteiger partial charge on any atom is 0.270 e. The van der Waals surface area contributed by atoms with Crippen molar-refractivity contribution in [2.75, 3.05) is 4.72 Å². The van der Waals surface area contributed by atoms with Crippen LogP contribution in [-0.2, 0) is 16.6 Å². The third-order valence-electron chi connectivity index (χ3n) is 4.61. The molecule has 0 spiro atoms. The zero-order valence-corrected chi connectivity index (χ0v) is 17.9. The minimum atomic E-state index is -3.87. The van der Waals surface area contributed by atoms with Crippen LogP contribution in [0.1, 0.15) is 19.8 Å². The molecule has 7 nitrogen and oxygen atoms in total. The maximum atomic E-state index is 12.9. The zero-order chi connectivity index (χ0) is 21.1. The van der Waals surface area contributed by atoms with Gasteiger partial charge in [-0.1, -0.05) is 37.1 Å². The molecule has 0 radical (unpaired) electrons. The van der Waals surface area contributed by atoms with E-state index >= 15 is 0 Å². The fourth-order valence-electron chi connectivity index (χ4n) is 3.03. The van der Waals surface area contributed by atoms with Crippen LogP contribution in [0.15, 0.2) is 72.1 Å². The summed E-state index contributed by atoms with van der Waals surface area (Å²) in [4.78, 5) is 9.31. The first-order valence-electron chi connectivity index (χ1n) is 9.59. The number of benzene rings is 2. The number of sulfonamides is 1. The third-order valence-corrected chi connectivity index (χ3v) is 6.22. The number of rotatable bonds is 7. The normalized spacial score (nSPS) is 11.7. The van der Waals surface area contributed by atoms with Gasteiger partial charge in [0.25, 0.3) is 15.8 Å². The monoisotopic (exact) mass is 442 g/mol. The molecule has 0 bridgehead atoms. The van der Waals surface area contributed by atoms with E-state index in [0.29, 0.717) is 21.9 Å². The van der Waals surface area contributed by atoms with E-state index in [1.165, 1.54) is 24.3 Å². The second-order valence-electron chi connectivity index (χ2n) is 6.86. The quantitative estimate of drug-likeness (QED) is 0.439. The van der Waals surface area contributed by atoms with E-state index in [4.69, 9.17) is 11.6 Å². The van der Waals surface area contributed by atoms with Crippen molar-refractivity contribution in [3.8, 4) is 5.82 Å². The van der Waals surface area contributed by atoms with Crippen molar-refractivity contribution in [3.05, 3.63) is 72.3 Å². The highest BCUT2D eigenvalue weighted by Crippen LogP contribution is 2.24. The fourth-order valence-corrected chi connectivity index (χ4v) is 4.16. The molecule has 0 aliphatic rings. The summed E-state index contributed by atoms with van der Waals surface area (Å²) in [5.74, 6) is 0.559. The summed E-state index contributed by atoms with van der Waals surface area (Å²) in [6, 6.07) is 13.3. The van der Waals surface area contributed by atoms with E-state index in [0.717, 1.165) is 19.4 Å². The van der Waals surface area contributed by atoms with Crippen molar-refractivity contribution in [1.29, 1.82) is 0 Å². The SMILES string of the molecule is CCCC[n+]1ccn(-c2nc3ccccc3nc2NS(=O)(=O)c2ccc(Cl)cc2)c1. The molecule has 2 aromatic carbocycles. The number of fused-ring (bicyclic) bond motifs is 1. The van der Waals surface area contributed by atoms with Gasteiger partial charge in [0.15, 0.2) is 0 Å². The minimum absolute atomic E-state index is 0.0957. The second kappa shape index (κ2) is 8.41. The van der Waals surface area contributed by atoms with Crippen molar-refractivity contribution in [2.45, 2.75) is 31.2 Å². The third kappa shape index (κ3) is 4.29. The molecule has 0 amide bonds. The first kappa shape index (κ1) is 20.3. The molecule has 9 heteroatoms. The number of anilines is 1. The first-order valence-corrected chi connectivity index (χ1v) is 11.4. The van der Waals surface area contributed by atoms with Gasteiger partial charge in [-0.15, -0.1) is 0 Å². The Kier molecular flexibility index (Phi) is 5.69. The Bertz CT molecular complexity index is 1290. The molecular weight excluding hydrogens is 422 g/mol. The molecule has 30 heavy (non-hydrogen) atoms. The Labute approximate surface area is 180 Å². The summed E-state index contributed by atoms with van der Waals surface area (Å²) < 4.78 is 32.3. The summed E-state index contributed by atoms with van der Waals surface area (Å²) in [5.41, 5.74) is 1.27. The van der Waals surface area contributed by atoms with Gasteiger partial charge in [-0.3, -0.25) is 4.72 Å². The van der Waals surface area contributed by atoms with E-state index in [1.54, 1.807) is 10.6 Å². The molecule has 4 aromatic rings. The number of nitrogens with zero attached hydrogens (tertiary/aromatic N) is 4. The van der Waals surface area contributed by atoms with Gasteiger partial charge in [-0.05, 0) is 42.8 Å². The molecule has 154 valence electrons. The number of aromatic nitrogens is 4. The van der Waals surface area contributed by atoms with Crippen LogP contribution in [0.5, 0.6) is 0 Å². The molecule has 0 aliphatic heterocycles. The molecule has 2 aromatic heterocycles. The highest BCUT2D eigenvalue weighted by Gasteiger charge is 2.22. The molecule has 0 fully saturated rings. The van der Waals surface area contributed by atoms with E-state index in [-0.39, 0.29) is 10.7 Å². The highest BCUT2D eigenvalue weighted by atomic mass is 35.5. The highest BCUT2D eigenvalue weighted by molar-refractivity contribution is 7.92. The predicted octanol–water partition coefficient (Wildman–Crippen LogP) is 3.96. The molecule has 4 rings (SSSR count). The van der Waals surface area contributed by atoms with Crippen LogP contribution in [-0.4, -0.2) is 23.0 Å². The Morgan fingerprint density at radius 1 is 1.07 bits per heavy atom. The lowest BCUT2D eigenvalue weighted by Gasteiger charge is -2.10. The number of unbranched alkanes of at least 4 members (excludes halogenated alkanes) is 1. The van der Waals surface area contributed by atoms with Crippen LogP contribution >= 0.6 is 11.6 Å². The number of halogens is 1. The topological polar surface area (TPSA) is 80.8 Å². The van der Waals surface area contributed by atoms with Crippen LogP contribution in [0.3, 0.4) is 0 Å². The van der Waals surface area contributed by atoms with Crippen LogP contribution in [0.2, 0.25) is 5.02 Å². The molecule has 0 saturated carbocycles. The summed E-state index contributed by atoms with van der Waals surface area (Å²) in [6.45, 7) is 3.01. The Morgan fingerprint density at radius 3 is 2.47 bits per heavy atom. The molecule has 0 aliphatic carbocycles. The smallest absolute Gasteiger partial charge is 0.258 e. The lowest BCUT2D eigenvalue weighted by molar-refractivity contribution is -0.696. The Hall–Kier alpha value is -2.97. The van der Waals surface area contributed by atoms with Gasteiger partial charge in [-0.25, -0.2) is 23.0 Å². The lowest BCUT2D eigenvalue weighted by Crippen LogP contribution is -2.30. The van der Waals surface area contributed by atoms with Crippen LogP contribution in [0.25, 0.3) is 16.9 Å². The van der Waals surface area contributed by atoms with Crippen molar-refractivity contribution >= 4 is 38.5 Å².